The van der Waals surface area contributed by atoms with Crippen LogP contribution in [-0.4, -0.2) is 35.2 Å². The van der Waals surface area contributed by atoms with E-state index in [1.54, 1.807) is 0 Å². The molecule has 120 valence electrons. The number of hydrogen-bond donors (Lipinski definition) is 1. The lowest BCUT2D eigenvalue weighted by molar-refractivity contribution is -0.00286. The van der Waals surface area contributed by atoms with Gasteiger partial charge >= 0.3 is 0 Å². The smallest absolute Gasteiger partial charge is 0.0580 e. The van der Waals surface area contributed by atoms with E-state index in [4.69, 9.17) is 0 Å². The Morgan fingerprint density at radius 1 is 1.10 bits per heavy atom. The van der Waals surface area contributed by atoms with Crippen molar-refractivity contribution in [1.82, 2.24) is 4.90 Å². The first kappa shape index (κ1) is 18.0. The summed E-state index contributed by atoms with van der Waals surface area (Å²) in [4.78, 5) is 2.56. The van der Waals surface area contributed by atoms with Crippen molar-refractivity contribution in [3.63, 3.8) is 0 Å². The lowest BCUT2D eigenvalue weighted by Crippen LogP contribution is -2.44. The highest BCUT2D eigenvalue weighted by Gasteiger charge is 2.36. The predicted molar refractivity (Wildman–Crippen MR) is 87.8 cm³/mol. The van der Waals surface area contributed by atoms with Gasteiger partial charge in [-0.05, 0) is 56.3 Å². The first-order valence-electron chi connectivity index (χ1n) is 8.53. The fraction of sp³-hybridized carbons (Fsp3) is 1.00. The lowest BCUT2D eigenvalue weighted by Gasteiger charge is -2.42. The SMILES string of the molecule is CC(C)CN(CC1CC(C(C)(C)C)CCC1O)C(C)C. The predicted octanol–water partition coefficient (Wildman–Crippen LogP) is 4.18. The molecule has 0 spiro atoms. The standard InChI is InChI=1S/C18H37NO/c1-13(2)11-19(14(3)4)12-15-10-16(18(5,6)7)8-9-17(15)20/h13-17,20H,8-12H2,1-7H3. The molecule has 1 aliphatic carbocycles. The second-order valence-electron chi connectivity index (χ2n) is 8.64. The zero-order valence-electron chi connectivity index (χ0n) is 14.8. The van der Waals surface area contributed by atoms with E-state index in [1.807, 2.05) is 0 Å². The van der Waals surface area contributed by atoms with Gasteiger partial charge < -0.3 is 10.0 Å². The van der Waals surface area contributed by atoms with Crippen LogP contribution in [0.2, 0.25) is 0 Å². The summed E-state index contributed by atoms with van der Waals surface area (Å²) in [7, 11) is 0. The summed E-state index contributed by atoms with van der Waals surface area (Å²) in [6, 6.07) is 0.569. The molecule has 3 atom stereocenters. The van der Waals surface area contributed by atoms with Crippen molar-refractivity contribution in [1.29, 1.82) is 0 Å². The van der Waals surface area contributed by atoms with Crippen LogP contribution < -0.4 is 0 Å². The molecule has 0 amide bonds. The van der Waals surface area contributed by atoms with Crippen molar-refractivity contribution in [2.45, 2.75) is 79.9 Å². The molecular weight excluding hydrogens is 246 g/mol. The van der Waals surface area contributed by atoms with Gasteiger partial charge in [0.15, 0.2) is 0 Å². The van der Waals surface area contributed by atoms with E-state index in [0.717, 1.165) is 25.4 Å². The first-order chi connectivity index (χ1) is 9.11. The van der Waals surface area contributed by atoms with Gasteiger partial charge in [0.25, 0.3) is 0 Å². The van der Waals surface area contributed by atoms with Gasteiger partial charge in [-0.2, -0.15) is 0 Å². The zero-order chi connectivity index (χ0) is 15.5. The van der Waals surface area contributed by atoms with Crippen molar-refractivity contribution in [2.75, 3.05) is 13.1 Å². The average Bonchev–Trinajstić information content (AvgIpc) is 2.28. The Hall–Kier alpha value is -0.0800. The molecule has 1 N–H and O–H groups in total. The molecule has 0 aromatic rings. The van der Waals surface area contributed by atoms with Crippen LogP contribution in [0.3, 0.4) is 0 Å². The van der Waals surface area contributed by atoms with Crippen LogP contribution in [0.1, 0.15) is 67.7 Å². The topological polar surface area (TPSA) is 23.5 Å². The quantitative estimate of drug-likeness (QED) is 0.818. The molecule has 2 heteroatoms. The van der Waals surface area contributed by atoms with Crippen LogP contribution in [0.5, 0.6) is 0 Å². The maximum atomic E-state index is 10.4. The Bertz CT molecular complexity index is 280. The lowest BCUT2D eigenvalue weighted by atomic mass is 9.68. The summed E-state index contributed by atoms with van der Waals surface area (Å²) in [6.45, 7) is 18.4. The number of aliphatic hydroxyl groups is 1. The maximum Gasteiger partial charge on any atom is 0.0580 e. The third-order valence-electron chi connectivity index (χ3n) is 4.97. The van der Waals surface area contributed by atoms with Gasteiger partial charge in [-0.25, -0.2) is 0 Å². The zero-order valence-corrected chi connectivity index (χ0v) is 14.8. The van der Waals surface area contributed by atoms with Crippen LogP contribution in [0.25, 0.3) is 0 Å². The normalized spacial score (nSPS) is 28.6. The number of aliphatic hydroxyl groups excluding tert-OH is 1. The number of hydrogen-bond acceptors (Lipinski definition) is 2. The molecule has 0 aliphatic heterocycles. The van der Waals surface area contributed by atoms with Gasteiger partial charge in [-0.3, -0.25) is 0 Å². The van der Waals surface area contributed by atoms with Crippen LogP contribution in [0.4, 0.5) is 0 Å². The molecule has 1 fully saturated rings. The Kier molecular flexibility index (Phi) is 6.53. The van der Waals surface area contributed by atoms with Gasteiger partial charge in [0.2, 0.25) is 0 Å². The van der Waals surface area contributed by atoms with E-state index in [0.29, 0.717) is 23.3 Å². The minimum absolute atomic E-state index is 0.0954. The third-order valence-corrected chi connectivity index (χ3v) is 4.97. The van der Waals surface area contributed by atoms with Crippen LogP contribution in [0.15, 0.2) is 0 Å². The molecule has 0 heterocycles. The third kappa shape index (κ3) is 5.37. The molecule has 0 bridgehead atoms. The molecule has 0 aromatic heterocycles. The Balaban J connectivity index is 2.66. The molecule has 1 aliphatic rings. The van der Waals surface area contributed by atoms with E-state index < -0.39 is 0 Å². The summed E-state index contributed by atoms with van der Waals surface area (Å²) in [5.41, 5.74) is 0.374. The van der Waals surface area contributed by atoms with Crippen molar-refractivity contribution in [3.8, 4) is 0 Å². The maximum absolute atomic E-state index is 10.4. The summed E-state index contributed by atoms with van der Waals surface area (Å²) in [5.74, 6) is 1.90. The van der Waals surface area contributed by atoms with Crippen molar-refractivity contribution in [2.24, 2.45) is 23.2 Å². The highest BCUT2D eigenvalue weighted by molar-refractivity contribution is 4.87. The van der Waals surface area contributed by atoms with E-state index >= 15 is 0 Å². The second kappa shape index (κ2) is 7.26. The highest BCUT2D eigenvalue weighted by atomic mass is 16.3. The van der Waals surface area contributed by atoms with Gasteiger partial charge in [-0.15, -0.1) is 0 Å². The Morgan fingerprint density at radius 3 is 2.15 bits per heavy atom. The van der Waals surface area contributed by atoms with E-state index in [1.165, 1.54) is 12.8 Å². The monoisotopic (exact) mass is 283 g/mol. The van der Waals surface area contributed by atoms with Crippen LogP contribution >= 0.6 is 0 Å². The van der Waals surface area contributed by atoms with E-state index in [9.17, 15) is 5.11 Å². The molecule has 1 saturated carbocycles. The molecular formula is C18H37NO. The first-order valence-corrected chi connectivity index (χ1v) is 8.53. The van der Waals surface area contributed by atoms with E-state index in [-0.39, 0.29) is 6.10 Å². The minimum Gasteiger partial charge on any atom is -0.393 e. The summed E-state index contributed by atoms with van der Waals surface area (Å²) < 4.78 is 0. The van der Waals surface area contributed by atoms with E-state index in [2.05, 4.69) is 53.4 Å². The Morgan fingerprint density at radius 2 is 1.70 bits per heavy atom. The Labute approximate surface area is 126 Å². The van der Waals surface area contributed by atoms with Gasteiger partial charge in [0, 0.05) is 19.1 Å². The largest absolute Gasteiger partial charge is 0.393 e. The average molecular weight is 284 g/mol. The highest BCUT2D eigenvalue weighted by Crippen LogP contribution is 2.40. The van der Waals surface area contributed by atoms with Crippen LogP contribution in [-0.2, 0) is 0 Å². The van der Waals surface area contributed by atoms with Crippen molar-refractivity contribution >= 4 is 0 Å². The number of rotatable bonds is 5. The van der Waals surface area contributed by atoms with Gasteiger partial charge in [-0.1, -0.05) is 34.6 Å². The minimum atomic E-state index is -0.0954. The molecule has 20 heavy (non-hydrogen) atoms. The fourth-order valence-electron chi connectivity index (χ4n) is 3.50. The van der Waals surface area contributed by atoms with Gasteiger partial charge in [0.05, 0.1) is 6.10 Å². The molecule has 0 radical (unpaired) electrons. The van der Waals surface area contributed by atoms with Crippen molar-refractivity contribution in [3.05, 3.63) is 0 Å². The molecule has 3 unspecified atom stereocenters. The summed E-state index contributed by atoms with van der Waals surface area (Å²) in [5, 5.41) is 10.4. The van der Waals surface area contributed by atoms with Crippen LogP contribution in [0, 0.1) is 23.2 Å². The second-order valence-corrected chi connectivity index (χ2v) is 8.64. The molecule has 1 rings (SSSR count). The fourth-order valence-corrected chi connectivity index (χ4v) is 3.50. The van der Waals surface area contributed by atoms with Crippen molar-refractivity contribution < 1.29 is 5.11 Å². The summed E-state index contributed by atoms with van der Waals surface area (Å²) in [6.07, 6.45) is 3.26. The summed E-state index contributed by atoms with van der Waals surface area (Å²) >= 11 is 0. The molecule has 0 saturated heterocycles. The van der Waals surface area contributed by atoms with Gasteiger partial charge in [0.1, 0.15) is 0 Å². The molecule has 2 nitrogen and oxygen atoms in total. The molecule has 0 aromatic carbocycles. The number of nitrogens with zero attached hydrogens (tertiary/aromatic N) is 1.